The van der Waals surface area contributed by atoms with Gasteiger partial charge in [-0.15, -0.1) is 10.2 Å². The Morgan fingerprint density at radius 1 is 0.970 bits per heavy atom. The summed E-state index contributed by atoms with van der Waals surface area (Å²) in [5, 5.41) is 10.3. The summed E-state index contributed by atoms with van der Waals surface area (Å²) in [5.74, 6) is -0.523. The van der Waals surface area contributed by atoms with Crippen molar-refractivity contribution in [2.45, 2.75) is 18.7 Å². The maximum absolute atomic E-state index is 13.4. The molecule has 0 spiro atoms. The van der Waals surface area contributed by atoms with Gasteiger partial charge in [-0.1, -0.05) is 6.07 Å². The molecule has 1 heterocycles. The number of aromatic nitrogens is 2. The van der Waals surface area contributed by atoms with Crippen LogP contribution in [0, 0.1) is 19.7 Å². The largest absolute Gasteiger partial charge is 0.423 e. The maximum atomic E-state index is 13.4. The van der Waals surface area contributed by atoms with E-state index in [2.05, 4.69) is 20.2 Å². The lowest BCUT2D eigenvalue weighted by Crippen LogP contribution is -2.15. The third kappa shape index (κ3) is 4.90. The van der Waals surface area contributed by atoms with Crippen LogP contribution in [-0.2, 0) is 10.0 Å². The minimum Gasteiger partial charge on any atom is -0.423 e. The van der Waals surface area contributed by atoms with E-state index in [1.807, 2.05) is 19.1 Å². The fraction of sp³-hybridized carbons (Fsp3) is 0.0870. The monoisotopic (exact) mass is 466 g/mol. The number of nitrogens with zero attached hydrogens (tertiary/aromatic N) is 2. The third-order valence-electron chi connectivity index (χ3n) is 4.93. The number of amides is 1. The average molecular weight is 466 g/mol. The fourth-order valence-electron chi connectivity index (χ4n) is 3.07. The summed E-state index contributed by atoms with van der Waals surface area (Å²) in [6, 6.07) is 14.9. The molecular formula is C23H19FN4O4S. The normalized spacial score (nSPS) is 11.2. The Hall–Kier alpha value is -4.05. The van der Waals surface area contributed by atoms with Crippen molar-refractivity contribution in [3.05, 3.63) is 89.6 Å². The van der Waals surface area contributed by atoms with E-state index in [-0.39, 0.29) is 22.1 Å². The number of benzene rings is 3. The van der Waals surface area contributed by atoms with E-state index >= 15 is 0 Å². The van der Waals surface area contributed by atoms with Crippen LogP contribution in [0.3, 0.4) is 0 Å². The van der Waals surface area contributed by atoms with E-state index in [0.717, 1.165) is 11.6 Å². The first-order valence-electron chi connectivity index (χ1n) is 9.80. The molecule has 8 nitrogen and oxygen atoms in total. The molecule has 0 atom stereocenters. The number of hydrogen-bond donors (Lipinski definition) is 2. The predicted octanol–water partition coefficient (Wildman–Crippen LogP) is 4.55. The second-order valence-electron chi connectivity index (χ2n) is 7.32. The Kier molecular flexibility index (Phi) is 5.93. The molecular weight excluding hydrogens is 447 g/mol. The minimum absolute atomic E-state index is 0.0557. The maximum Gasteiger partial charge on any atom is 0.261 e. The Morgan fingerprint density at radius 2 is 1.73 bits per heavy atom. The smallest absolute Gasteiger partial charge is 0.261 e. The van der Waals surface area contributed by atoms with Crippen LogP contribution in [0.4, 0.5) is 15.8 Å². The van der Waals surface area contributed by atoms with Crippen molar-refractivity contribution in [2.24, 2.45) is 0 Å². The first-order valence-corrected chi connectivity index (χ1v) is 11.3. The number of sulfonamides is 1. The standard InChI is InChI=1S/C23H19FN4O4S/c1-14-3-4-17(23-27-25-13-32-23)12-21(14)26-22(29)16-5-7-18(8-6-16)28-33(30,31)19-9-10-20(24)15(2)11-19/h3-13,28H,1-2H3,(H,26,29). The van der Waals surface area contributed by atoms with Gasteiger partial charge in [0.05, 0.1) is 4.90 Å². The van der Waals surface area contributed by atoms with Crippen LogP contribution in [0.2, 0.25) is 0 Å². The molecule has 0 aliphatic heterocycles. The molecule has 0 fully saturated rings. The zero-order valence-corrected chi connectivity index (χ0v) is 18.5. The molecule has 0 unspecified atom stereocenters. The van der Waals surface area contributed by atoms with Crippen molar-refractivity contribution in [3.8, 4) is 11.5 Å². The van der Waals surface area contributed by atoms with Gasteiger partial charge in [0.15, 0.2) is 0 Å². The Morgan fingerprint density at radius 3 is 2.39 bits per heavy atom. The van der Waals surface area contributed by atoms with Crippen LogP contribution >= 0.6 is 0 Å². The molecule has 33 heavy (non-hydrogen) atoms. The molecule has 4 rings (SSSR count). The molecule has 2 N–H and O–H groups in total. The van der Waals surface area contributed by atoms with E-state index in [0.29, 0.717) is 22.7 Å². The SMILES string of the molecule is Cc1cc(S(=O)(=O)Nc2ccc(C(=O)Nc3cc(-c4nnco4)ccc3C)cc2)ccc1F. The van der Waals surface area contributed by atoms with Gasteiger partial charge in [0, 0.05) is 22.5 Å². The lowest BCUT2D eigenvalue weighted by molar-refractivity contribution is 0.102. The van der Waals surface area contributed by atoms with Gasteiger partial charge in [0.25, 0.3) is 15.9 Å². The second kappa shape index (κ2) is 8.83. The lowest BCUT2D eigenvalue weighted by Gasteiger charge is -2.11. The summed E-state index contributed by atoms with van der Waals surface area (Å²) >= 11 is 0. The van der Waals surface area contributed by atoms with Crippen LogP contribution in [0.25, 0.3) is 11.5 Å². The average Bonchev–Trinajstić information content (AvgIpc) is 3.32. The van der Waals surface area contributed by atoms with E-state index in [4.69, 9.17) is 4.42 Å². The van der Waals surface area contributed by atoms with E-state index in [1.54, 1.807) is 6.07 Å². The van der Waals surface area contributed by atoms with Gasteiger partial charge in [0.1, 0.15) is 5.82 Å². The lowest BCUT2D eigenvalue weighted by atomic mass is 10.1. The Labute approximate surface area is 189 Å². The van der Waals surface area contributed by atoms with Gasteiger partial charge in [-0.05, 0) is 79.6 Å². The molecule has 0 radical (unpaired) electrons. The van der Waals surface area contributed by atoms with Gasteiger partial charge in [-0.3, -0.25) is 9.52 Å². The van der Waals surface area contributed by atoms with Crippen molar-refractivity contribution >= 4 is 27.3 Å². The summed E-state index contributed by atoms with van der Waals surface area (Å²) in [6.07, 6.45) is 1.22. The zero-order chi connectivity index (χ0) is 23.6. The van der Waals surface area contributed by atoms with Crippen LogP contribution in [0.1, 0.15) is 21.5 Å². The van der Waals surface area contributed by atoms with Gasteiger partial charge < -0.3 is 9.73 Å². The Bertz CT molecular complexity index is 1420. The molecule has 0 aliphatic carbocycles. The van der Waals surface area contributed by atoms with Gasteiger partial charge in [-0.2, -0.15) is 0 Å². The van der Waals surface area contributed by atoms with Crippen molar-refractivity contribution < 1.29 is 22.0 Å². The predicted molar refractivity (Wildman–Crippen MR) is 121 cm³/mol. The highest BCUT2D eigenvalue weighted by atomic mass is 32.2. The van der Waals surface area contributed by atoms with Crippen LogP contribution < -0.4 is 10.0 Å². The quantitative estimate of drug-likeness (QED) is 0.431. The molecule has 1 aromatic heterocycles. The first-order chi connectivity index (χ1) is 15.7. The topological polar surface area (TPSA) is 114 Å². The van der Waals surface area contributed by atoms with E-state index in [9.17, 15) is 17.6 Å². The highest BCUT2D eigenvalue weighted by molar-refractivity contribution is 7.92. The molecule has 168 valence electrons. The second-order valence-corrected chi connectivity index (χ2v) is 9.00. The number of aryl methyl sites for hydroxylation is 2. The van der Waals surface area contributed by atoms with Crippen LogP contribution in [0.15, 0.2) is 76.4 Å². The molecule has 0 aliphatic rings. The number of hydrogen-bond acceptors (Lipinski definition) is 6. The molecule has 0 saturated carbocycles. The van der Waals surface area contributed by atoms with Crippen molar-refractivity contribution in [1.82, 2.24) is 10.2 Å². The summed E-state index contributed by atoms with van der Waals surface area (Å²) in [5.41, 5.74) is 2.90. The van der Waals surface area contributed by atoms with Gasteiger partial charge >= 0.3 is 0 Å². The minimum atomic E-state index is -3.90. The van der Waals surface area contributed by atoms with E-state index in [1.165, 1.54) is 49.7 Å². The van der Waals surface area contributed by atoms with Gasteiger partial charge in [-0.25, -0.2) is 12.8 Å². The number of rotatable bonds is 6. The number of anilines is 2. The van der Waals surface area contributed by atoms with Crippen LogP contribution in [0.5, 0.6) is 0 Å². The molecule has 0 bridgehead atoms. The molecule has 4 aromatic rings. The highest BCUT2D eigenvalue weighted by Gasteiger charge is 2.16. The fourth-order valence-corrected chi connectivity index (χ4v) is 4.21. The number of carbonyl (C=O) groups is 1. The summed E-state index contributed by atoms with van der Waals surface area (Å²) < 4.78 is 46.2. The van der Waals surface area contributed by atoms with Crippen LogP contribution in [-0.4, -0.2) is 24.5 Å². The summed E-state index contributed by atoms with van der Waals surface area (Å²) in [7, 11) is -3.90. The van der Waals surface area contributed by atoms with Crippen molar-refractivity contribution in [1.29, 1.82) is 0 Å². The van der Waals surface area contributed by atoms with Gasteiger partial charge in [0.2, 0.25) is 12.3 Å². The number of nitrogens with one attached hydrogen (secondary N) is 2. The zero-order valence-electron chi connectivity index (χ0n) is 17.7. The number of carbonyl (C=O) groups excluding carboxylic acids is 1. The summed E-state index contributed by atoms with van der Waals surface area (Å²) in [6.45, 7) is 3.34. The number of halogens is 1. The molecule has 1 amide bonds. The third-order valence-corrected chi connectivity index (χ3v) is 6.31. The molecule has 0 saturated heterocycles. The highest BCUT2D eigenvalue weighted by Crippen LogP contribution is 2.25. The molecule has 3 aromatic carbocycles. The summed E-state index contributed by atoms with van der Waals surface area (Å²) in [4.78, 5) is 12.7. The Balaban J connectivity index is 1.49. The molecule has 10 heteroatoms. The van der Waals surface area contributed by atoms with E-state index < -0.39 is 15.8 Å². The first kappa shape index (κ1) is 22.2. The van der Waals surface area contributed by atoms with Crippen molar-refractivity contribution in [2.75, 3.05) is 10.0 Å². The van der Waals surface area contributed by atoms with Crippen molar-refractivity contribution in [3.63, 3.8) is 0 Å².